The van der Waals surface area contributed by atoms with Gasteiger partial charge in [0.05, 0.1) is 32.5 Å². The molecule has 33 heavy (non-hydrogen) atoms. The first-order valence-corrected chi connectivity index (χ1v) is 13.4. The average molecular weight is 456 g/mol. The molecule has 0 N–H and O–H groups in total. The lowest BCUT2D eigenvalue weighted by Crippen LogP contribution is -2.35. The molecule has 1 aliphatic carbocycles. The van der Waals surface area contributed by atoms with E-state index in [9.17, 15) is 4.79 Å². The smallest absolute Gasteiger partial charge is 0.135 e. The number of piperidine rings is 1. The summed E-state index contributed by atoms with van der Waals surface area (Å²) in [5.41, 5.74) is 3.03. The van der Waals surface area contributed by atoms with Crippen LogP contribution in [-0.4, -0.2) is 62.8 Å². The Balaban J connectivity index is 0.980. The number of hydrogen-bond acceptors (Lipinski definition) is 5. The van der Waals surface area contributed by atoms with Gasteiger partial charge in [0, 0.05) is 24.8 Å². The number of benzene rings is 1. The molecule has 3 heterocycles. The van der Waals surface area contributed by atoms with Gasteiger partial charge in [0.15, 0.2) is 0 Å². The van der Waals surface area contributed by atoms with Crippen LogP contribution in [0.5, 0.6) is 5.75 Å². The van der Waals surface area contributed by atoms with Gasteiger partial charge in [-0.1, -0.05) is 25.0 Å². The summed E-state index contributed by atoms with van der Waals surface area (Å²) in [5.74, 6) is 3.64. The fourth-order valence-electron chi connectivity index (χ4n) is 6.50. The van der Waals surface area contributed by atoms with Gasteiger partial charge in [0.25, 0.3) is 0 Å². The molecule has 0 amide bonds. The number of carbonyl (C=O) groups excluding carboxylic acids is 1. The van der Waals surface area contributed by atoms with E-state index in [1.165, 1.54) is 70.1 Å². The van der Waals surface area contributed by atoms with Gasteiger partial charge in [0.1, 0.15) is 11.5 Å². The van der Waals surface area contributed by atoms with Crippen molar-refractivity contribution in [1.82, 2.24) is 4.90 Å². The van der Waals surface area contributed by atoms with Crippen molar-refractivity contribution in [3.8, 4) is 5.75 Å². The minimum atomic E-state index is -0.0112. The predicted octanol–water partition coefficient (Wildman–Crippen LogP) is 4.76. The van der Waals surface area contributed by atoms with Crippen LogP contribution >= 0.6 is 0 Å². The van der Waals surface area contributed by atoms with Gasteiger partial charge >= 0.3 is 0 Å². The zero-order valence-corrected chi connectivity index (χ0v) is 20.1. The first-order valence-electron chi connectivity index (χ1n) is 13.4. The Morgan fingerprint density at radius 1 is 0.939 bits per heavy atom. The summed E-state index contributed by atoms with van der Waals surface area (Å²) < 4.78 is 16.8. The lowest BCUT2D eigenvalue weighted by atomic mass is 9.78. The van der Waals surface area contributed by atoms with E-state index in [0.29, 0.717) is 43.9 Å². The highest BCUT2D eigenvalue weighted by Crippen LogP contribution is 2.38. The standard InChI is InChI=1S/C28H41NO4/c30-24(19-25-20-31-16-17-32-25)18-22-6-4-21(5-7-22)8-12-29-13-9-23(10-14-29)26-2-1-3-28-27(26)11-15-33-28/h1-3,21-23,25H,4-20H2/t21?,22?,25-/m1/s1. The maximum Gasteiger partial charge on any atom is 0.135 e. The van der Waals surface area contributed by atoms with Crippen LogP contribution in [0, 0.1) is 11.8 Å². The molecule has 0 aromatic heterocycles. The number of carbonyl (C=O) groups is 1. The molecule has 1 aromatic rings. The first kappa shape index (κ1) is 23.3. The van der Waals surface area contributed by atoms with Crippen LogP contribution in [0.2, 0.25) is 0 Å². The van der Waals surface area contributed by atoms with Gasteiger partial charge in [-0.05, 0) is 81.1 Å². The Morgan fingerprint density at radius 3 is 2.55 bits per heavy atom. The largest absolute Gasteiger partial charge is 0.493 e. The van der Waals surface area contributed by atoms with E-state index < -0.39 is 0 Å². The number of likely N-dealkylation sites (tertiary alicyclic amines) is 1. The van der Waals surface area contributed by atoms with Crippen LogP contribution in [0.4, 0.5) is 0 Å². The predicted molar refractivity (Wildman–Crippen MR) is 129 cm³/mol. The maximum atomic E-state index is 12.4. The van der Waals surface area contributed by atoms with E-state index in [-0.39, 0.29) is 6.10 Å². The fraction of sp³-hybridized carbons (Fsp3) is 0.750. The van der Waals surface area contributed by atoms with Crippen molar-refractivity contribution < 1.29 is 19.0 Å². The lowest BCUT2D eigenvalue weighted by molar-refractivity contribution is -0.130. The molecular formula is C28H41NO4. The van der Waals surface area contributed by atoms with Crippen molar-refractivity contribution in [3.63, 3.8) is 0 Å². The van der Waals surface area contributed by atoms with Crippen LogP contribution in [0.25, 0.3) is 0 Å². The molecule has 4 aliphatic rings. The van der Waals surface area contributed by atoms with Crippen molar-refractivity contribution in [2.75, 3.05) is 46.1 Å². The number of ether oxygens (including phenoxy) is 3. The van der Waals surface area contributed by atoms with Crippen molar-refractivity contribution in [3.05, 3.63) is 29.3 Å². The van der Waals surface area contributed by atoms with Crippen LogP contribution in [0.3, 0.4) is 0 Å². The molecule has 0 unspecified atom stereocenters. The Hall–Kier alpha value is -1.43. The highest BCUT2D eigenvalue weighted by Gasteiger charge is 2.28. The summed E-state index contributed by atoms with van der Waals surface area (Å²) in [5, 5.41) is 0. The molecule has 1 saturated carbocycles. The van der Waals surface area contributed by atoms with Gasteiger partial charge in [0.2, 0.25) is 0 Å². The number of fused-ring (bicyclic) bond motifs is 1. The summed E-state index contributed by atoms with van der Waals surface area (Å²) in [6.45, 7) is 6.43. The third-order valence-electron chi connectivity index (χ3n) is 8.48. The third-order valence-corrected chi connectivity index (χ3v) is 8.48. The maximum absolute atomic E-state index is 12.4. The molecule has 5 rings (SSSR count). The van der Waals surface area contributed by atoms with Crippen molar-refractivity contribution in [2.45, 2.75) is 76.2 Å². The molecule has 182 valence electrons. The highest BCUT2D eigenvalue weighted by atomic mass is 16.6. The summed E-state index contributed by atoms with van der Waals surface area (Å²) >= 11 is 0. The summed E-state index contributed by atoms with van der Waals surface area (Å²) in [7, 11) is 0. The molecule has 1 aromatic carbocycles. The van der Waals surface area contributed by atoms with E-state index in [0.717, 1.165) is 31.1 Å². The van der Waals surface area contributed by atoms with E-state index in [4.69, 9.17) is 14.2 Å². The zero-order valence-electron chi connectivity index (χ0n) is 20.1. The molecule has 0 spiro atoms. The molecule has 5 heteroatoms. The minimum Gasteiger partial charge on any atom is -0.493 e. The summed E-state index contributed by atoms with van der Waals surface area (Å²) in [4.78, 5) is 15.1. The van der Waals surface area contributed by atoms with Crippen molar-refractivity contribution in [1.29, 1.82) is 0 Å². The van der Waals surface area contributed by atoms with Gasteiger partial charge in [-0.15, -0.1) is 0 Å². The molecular weight excluding hydrogens is 414 g/mol. The van der Waals surface area contributed by atoms with Gasteiger partial charge in [-0.3, -0.25) is 4.79 Å². The zero-order chi connectivity index (χ0) is 22.5. The Morgan fingerprint density at radius 2 is 1.76 bits per heavy atom. The molecule has 2 saturated heterocycles. The Bertz CT molecular complexity index is 774. The lowest BCUT2D eigenvalue weighted by Gasteiger charge is -2.35. The summed E-state index contributed by atoms with van der Waals surface area (Å²) in [6.07, 6.45) is 11.3. The van der Waals surface area contributed by atoms with Gasteiger partial charge in [-0.2, -0.15) is 0 Å². The summed E-state index contributed by atoms with van der Waals surface area (Å²) in [6, 6.07) is 6.65. The normalized spacial score (nSPS) is 28.9. The number of Topliss-reactive ketones (excluding diaryl/α,β-unsaturated/α-hetero) is 1. The average Bonchev–Trinajstić information content (AvgIpc) is 3.34. The van der Waals surface area contributed by atoms with Crippen LogP contribution in [0.15, 0.2) is 18.2 Å². The number of nitrogens with zero attached hydrogens (tertiary/aromatic N) is 1. The van der Waals surface area contributed by atoms with E-state index in [1.807, 2.05) is 0 Å². The fourth-order valence-corrected chi connectivity index (χ4v) is 6.50. The molecule has 0 radical (unpaired) electrons. The van der Waals surface area contributed by atoms with Crippen molar-refractivity contribution >= 4 is 5.78 Å². The Kier molecular flexibility index (Phi) is 8.01. The van der Waals surface area contributed by atoms with Gasteiger partial charge < -0.3 is 19.1 Å². The number of rotatable bonds is 8. The third kappa shape index (κ3) is 6.17. The molecule has 1 atom stereocenters. The van der Waals surface area contributed by atoms with Crippen LogP contribution < -0.4 is 4.74 Å². The van der Waals surface area contributed by atoms with Crippen LogP contribution in [-0.2, 0) is 20.7 Å². The topological polar surface area (TPSA) is 48.0 Å². The minimum absolute atomic E-state index is 0.0112. The van der Waals surface area contributed by atoms with E-state index in [2.05, 4.69) is 23.1 Å². The highest BCUT2D eigenvalue weighted by molar-refractivity contribution is 5.79. The second-order valence-corrected chi connectivity index (χ2v) is 10.7. The number of hydrogen-bond donors (Lipinski definition) is 0. The second kappa shape index (κ2) is 11.3. The van der Waals surface area contributed by atoms with E-state index in [1.54, 1.807) is 5.56 Å². The molecule has 3 aliphatic heterocycles. The Labute approximate surface area is 199 Å². The second-order valence-electron chi connectivity index (χ2n) is 10.7. The van der Waals surface area contributed by atoms with Crippen LogP contribution in [0.1, 0.15) is 74.8 Å². The molecule has 3 fully saturated rings. The molecule has 5 nitrogen and oxygen atoms in total. The SMILES string of the molecule is O=C(CC1CCC(CCN2CCC(c3cccc4c3CCO4)CC2)CC1)C[C@@H]1COCCO1. The van der Waals surface area contributed by atoms with E-state index >= 15 is 0 Å². The quantitative estimate of drug-likeness (QED) is 0.566. The molecule has 0 bridgehead atoms. The van der Waals surface area contributed by atoms with Gasteiger partial charge in [-0.25, -0.2) is 0 Å². The first-order chi connectivity index (χ1) is 16.2. The number of ketones is 1. The van der Waals surface area contributed by atoms with Crippen molar-refractivity contribution in [2.24, 2.45) is 11.8 Å². The monoisotopic (exact) mass is 455 g/mol.